The van der Waals surface area contributed by atoms with Crippen LogP contribution in [0.15, 0.2) is 41.1 Å². The van der Waals surface area contributed by atoms with E-state index in [9.17, 15) is 9.59 Å². The van der Waals surface area contributed by atoms with Crippen LogP contribution in [0.5, 0.6) is 0 Å². The Bertz CT molecular complexity index is 564. The summed E-state index contributed by atoms with van der Waals surface area (Å²) < 4.78 is 0. The van der Waals surface area contributed by atoms with E-state index in [0.717, 1.165) is 6.42 Å². The summed E-state index contributed by atoms with van der Waals surface area (Å²) in [5.74, 6) is -0.106. The molecule has 2 N–H and O–H groups in total. The summed E-state index contributed by atoms with van der Waals surface area (Å²) in [6.07, 6.45) is 1.43. The van der Waals surface area contributed by atoms with E-state index < -0.39 is 0 Å². The van der Waals surface area contributed by atoms with Gasteiger partial charge < -0.3 is 10.6 Å². The second-order valence-corrected chi connectivity index (χ2v) is 5.33. The van der Waals surface area contributed by atoms with E-state index in [4.69, 9.17) is 0 Å². The summed E-state index contributed by atoms with van der Waals surface area (Å²) in [7, 11) is 0. The van der Waals surface area contributed by atoms with Crippen LogP contribution in [0, 0.1) is 0 Å². The fourth-order valence-electron chi connectivity index (χ4n) is 1.91. The lowest BCUT2D eigenvalue weighted by molar-refractivity contribution is -0.105. The van der Waals surface area contributed by atoms with Gasteiger partial charge in [0.05, 0.1) is 0 Å². The molecule has 0 aliphatic heterocycles. The third kappa shape index (κ3) is 3.93. The molecule has 0 bridgehead atoms. The molecule has 4 nitrogen and oxygen atoms in total. The van der Waals surface area contributed by atoms with Crippen LogP contribution in [0.4, 0.5) is 5.69 Å². The van der Waals surface area contributed by atoms with Crippen LogP contribution < -0.4 is 10.6 Å². The fourth-order valence-corrected chi connectivity index (χ4v) is 2.59. The highest BCUT2D eigenvalue weighted by molar-refractivity contribution is 7.07. The lowest BCUT2D eigenvalue weighted by atomic mass is 10.1. The third-order valence-electron chi connectivity index (χ3n) is 2.87. The van der Waals surface area contributed by atoms with Crippen LogP contribution >= 0.6 is 11.3 Å². The van der Waals surface area contributed by atoms with Crippen LogP contribution in [-0.2, 0) is 11.2 Å². The molecule has 0 saturated carbocycles. The summed E-state index contributed by atoms with van der Waals surface area (Å²) >= 11 is 1.65. The number of hydrogen-bond acceptors (Lipinski definition) is 3. The van der Waals surface area contributed by atoms with Gasteiger partial charge in [0.1, 0.15) is 0 Å². The van der Waals surface area contributed by atoms with Crippen molar-refractivity contribution in [1.29, 1.82) is 0 Å². The SMILES string of the molecule is CC(Cc1ccsc1)NC(=O)c1ccc(NC=O)cc1. The Hall–Kier alpha value is -2.14. The average Bonchev–Trinajstić information content (AvgIpc) is 2.92. The first-order chi connectivity index (χ1) is 9.69. The number of carbonyl (C=O) groups excluding carboxylic acids is 2. The summed E-state index contributed by atoms with van der Waals surface area (Å²) in [4.78, 5) is 22.4. The van der Waals surface area contributed by atoms with E-state index >= 15 is 0 Å². The van der Waals surface area contributed by atoms with Gasteiger partial charge in [-0.1, -0.05) is 0 Å². The third-order valence-corrected chi connectivity index (χ3v) is 3.60. The van der Waals surface area contributed by atoms with Crippen molar-refractivity contribution >= 4 is 29.3 Å². The minimum atomic E-state index is -0.106. The molecule has 0 spiro atoms. The van der Waals surface area contributed by atoms with Crippen molar-refractivity contribution < 1.29 is 9.59 Å². The molecule has 20 heavy (non-hydrogen) atoms. The lowest BCUT2D eigenvalue weighted by Gasteiger charge is -2.13. The summed E-state index contributed by atoms with van der Waals surface area (Å²) in [6, 6.07) is 8.93. The fraction of sp³-hybridized carbons (Fsp3) is 0.200. The molecule has 2 rings (SSSR count). The minimum Gasteiger partial charge on any atom is -0.349 e. The molecule has 0 saturated heterocycles. The minimum absolute atomic E-state index is 0.0740. The Morgan fingerprint density at radius 3 is 2.65 bits per heavy atom. The maximum Gasteiger partial charge on any atom is 0.251 e. The van der Waals surface area contributed by atoms with Crippen molar-refractivity contribution in [2.24, 2.45) is 0 Å². The number of amides is 2. The molecule has 1 unspecified atom stereocenters. The molecule has 0 fully saturated rings. The van der Waals surface area contributed by atoms with Crippen LogP contribution in [0.3, 0.4) is 0 Å². The summed E-state index contributed by atoms with van der Waals surface area (Å²) in [5.41, 5.74) is 2.48. The Kier molecular flexibility index (Phi) is 4.90. The first kappa shape index (κ1) is 14.3. The standard InChI is InChI=1S/C15H16N2O2S/c1-11(8-12-6-7-20-9-12)17-15(19)13-2-4-14(5-3-13)16-10-18/h2-7,9-11H,8H2,1H3,(H,16,18)(H,17,19). The Morgan fingerprint density at radius 2 is 2.05 bits per heavy atom. The second-order valence-electron chi connectivity index (χ2n) is 4.55. The molecule has 1 atom stereocenters. The van der Waals surface area contributed by atoms with Crippen LogP contribution in [-0.4, -0.2) is 18.4 Å². The van der Waals surface area contributed by atoms with E-state index in [1.165, 1.54) is 5.56 Å². The van der Waals surface area contributed by atoms with Gasteiger partial charge in [-0.15, -0.1) is 0 Å². The van der Waals surface area contributed by atoms with Gasteiger partial charge in [0, 0.05) is 17.3 Å². The highest BCUT2D eigenvalue weighted by atomic mass is 32.1. The monoisotopic (exact) mass is 288 g/mol. The molecule has 0 aliphatic rings. The number of rotatable bonds is 6. The van der Waals surface area contributed by atoms with Gasteiger partial charge in [0.25, 0.3) is 5.91 Å². The predicted molar refractivity (Wildman–Crippen MR) is 81.1 cm³/mol. The molecule has 2 amide bonds. The quantitative estimate of drug-likeness (QED) is 0.803. The molecular weight excluding hydrogens is 272 g/mol. The van der Waals surface area contributed by atoms with Gasteiger partial charge in [-0.05, 0) is 60.0 Å². The molecule has 104 valence electrons. The van der Waals surface area contributed by atoms with E-state index in [2.05, 4.69) is 22.1 Å². The number of carbonyl (C=O) groups is 2. The molecule has 2 aromatic rings. The highest BCUT2D eigenvalue weighted by Crippen LogP contribution is 2.11. The van der Waals surface area contributed by atoms with E-state index in [1.807, 2.05) is 12.3 Å². The van der Waals surface area contributed by atoms with Crippen LogP contribution in [0.25, 0.3) is 0 Å². The average molecular weight is 288 g/mol. The first-order valence-corrected chi connectivity index (χ1v) is 7.25. The van der Waals surface area contributed by atoms with Crippen molar-refractivity contribution in [3.8, 4) is 0 Å². The van der Waals surface area contributed by atoms with Crippen molar-refractivity contribution in [2.75, 3.05) is 5.32 Å². The molecule has 0 radical (unpaired) electrons. The molecule has 1 heterocycles. The van der Waals surface area contributed by atoms with E-state index in [0.29, 0.717) is 17.7 Å². The zero-order valence-electron chi connectivity index (χ0n) is 11.1. The molecule has 0 aliphatic carbocycles. The maximum absolute atomic E-state index is 12.1. The number of hydrogen-bond donors (Lipinski definition) is 2. The highest BCUT2D eigenvalue weighted by Gasteiger charge is 2.10. The van der Waals surface area contributed by atoms with Gasteiger partial charge in [-0.2, -0.15) is 11.3 Å². The number of nitrogens with one attached hydrogen (secondary N) is 2. The van der Waals surface area contributed by atoms with Crippen LogP contribution in [0.1, 0.15) is 22.8 Å². The molecule has 1 aromatic heterocycles. The van der Waals surface area contributed by atoms with Gasteiger partial charge in [0.15, 0.2) is 0 Å². The Balaban J connectivity index is 1.92. The Labute approximate surface area is 121 Å². The first-order valence-electron chi connectivity index (χ1n) is 6.31. The van der Waals surface area contributed by atoms with E-state index in [1.54, 1.807) is 35.6 Å². The van der Waals surface area contributed by atoms with Gasteiger partial charge in [-0.3, -0.25) is 9.59 Å². The molecule has 5 heteroatoms. The van der Waals surface area contributed by atoms with Gasteiger partial charge in [-0.25, -0.2) is 0 Å². The normalized spacial score (nSPS) is 11.7. The van der Waals surface area contributed by atoms with E-state index in [-0.39, 0.29) is 11.9 Å². The molecule has 1 aromatic carbocycles. The van der Waals surface area contributed by atoms with Crippen molar-refractivity contribution in [1.82, 2.24) is 5.32 Å². The topological polar surface area (TPSA) is 58.2 Å². The second kappa shape index (κ2) is 6.86. The van der Waals surface area contributed by atoms with Gasteiger partial charge in [0.2, 0.25) is 6.41 Å². The number of benzene rings is 1. The van der Waals surface area contributed by atoms with Crippen LogP contribution in [0.2, 0.25) is 0 Å². The number of thiophene rings is 1. The molecular formula is C15H16N2O2S. The smallest absolute Gasteiger partial charge is 0.251 e. The zero-order chi connectivity index (χ0) is 14.4. The lowest BCUT2D eigenvalue weighted by Crippen LogP contribution is -2.33. The van der Waals surface area contributed by atoms with Crippen molar-refractivity contribution in [3.63, 3.8) is 0 Å². The summed E-state index contributed by atoms with van der Waals surface area (Å²) in [5, 5.41) is 9.61. The van der Waals surface area contributed by atoms with Crippen molar-refractivity contribution in [3.05, 3.63) is 52.2 Å². The predicted octanol–water partition coefficient (Wildman–Crippen LogP) is 2.68. The van der Waals surface area contributed by atoms with Crippen molar-refractivity contribution in [2.45, 2.75) is 19.4 Å². The number of anilines is 1. The Morgan fingerprint density at radius 1 is 1.30 bits per heavy atom. The zero-order valence-corrected chi connectivity index (χ0v) is 11.9. The maximum atomic E-state index is 12.1. The van der Waals surface area contributed by atoms with Gasteiger partial charge >= 0.3 is 0 Å². The largest absolute Gasteiger partial charge is 0.349 e. The summed E-state index contributed by atoms with van der Waals surface area (Å²) in [6.45, 7) is 1.98.